The van der Waals surface area contributed by atoms with Crippen molar-refractivity contribution in [3.63, 3.8) is 0 Å². The number of hydrogen-bond donors (Lipinski definition) is 1. The van der Waals surface area contributed by atoms with E-state index in [2.05, 4.69) is 10.1 Å². The molecule has 4 rings (SSSR count). The van der Waals surface area contributed by atoms with Crippen LogP contribution in [0.3, 0.4) is 0 Å². The number of benzene rings is 2. The molecule has 55 heavy (non-hydrogen) atoms. The van der Waals surface area contributed by atoms with Gasteiger partial charge in [-0.1, -0.05) is 30.7 Å². The molecule has 3 aromatic rings. The largest absolute Gasteiger partial charge is 0.512 e. The summed E-state index contributed by atoms with van der Waals surface area (Å²) in [5.74, 6) is -3.64. The lowest BCUT2D eigenvalue weighted by atomic mass is 9.89. The van der Waals surface area contributed by atoms with Gasteiger partial charge in [0.25, 0.3) is 10.1 Å². The summed E-state index contributed by atoms with van der Waals surface area (Å²) in [4.78, 5) is 29.6. The fourth-order valence-corrected chi connectivity index (χ4v) is 7.36. The van der Waals surface area contributed by atoms with Crippen molar-refractivity contribution < 1.29 is 59.4 Å². The fraction of sp³-hybridized carbons (Fsp3) is 0.417. The predicted molar refractivity (Wildman–Crippen MR) is 192 cm³/mol. The molecule has 1 aliphatic heterocycles. The Balaban J connectivity index is 1.44. The smallest absolute Gasteiger partial charge is 0.425 e. The molecule has 0 spiro atoms. The number of unbranched alkanes of at least 4 members (excludes halogenated alkanes) is 2. The van der Waals surface area contributed by atoms with Crippen LogP contribution in [0.5, 0.6) is 0 Å². The molecule has 1 aliphatic rings. The van der Waals surface area contributed by atoms with Crippen LogP contribution in [0.1, 0.15) is 56.2 Å². The summed E-state index contributed by atoms with van der Waals surface area (Å²) in [6.07, 6.45) is 5.89. The Morgan fingerprint density at radius 3 is 2.51 bits per heavy atom. The number of rotatable bonds is 18. The molecule has 14 nitrogen and oxygen atoms in total. The van der Waals surface area contributed by atoms with Crippen LogP contribution in [-0.4, -0.2) is 81.9 Å². The topological polar surface area (TPSA) is 189 Å². The molecule has 1 aromatic heterocycles. The van der Waals surface area contributed by atoms with E-state index in [1.54, 1.807) is 25.2 Å². The fourth-order valence-electron chi connectivity index (χ4n) is 5.43. The van der Waals surface area contributed by atoms with E-state index in [4.69, 9.17) is 33.5 Å². The highest BCUT2D eigenvalue weighted by Gasteiger charge is 2.47. The zero-order valence-electron chi connectivity index (χ0n) is 29.8. The number of halogens is 3. The molecule has 0 aliphatic carbocycles. The molecule has 0 saturated carbocycles. The minimum atomic E-state index is -4.12. The zero-order valence-corrected chi connectivity index (χ0v) is 31.4. The second-order valence-electron chi connectivity index (χ2n) is 12.3. The Kier molecular flexibility index (Phi) is 15.8. The van der Waals surface area contributed by atoms with Crippen LogP contribution in [0.15, 0.2) is 67.3 Å². The summed E-state index contributed by atoms with van der Waals surface area (Å²) >= 11 is 1.23. The van der Waals surface area contributed by atoms with Crippen molar-refractivity contribution in [3.05, 3.63) is 101 Å². The van der Waals surface area contributed by atoms with Crippen molar-refractivity contribution in [3.8, 4) is 6.07 Å². The van der Waals surface area contributed by atoms with Crippen molar-refractivity contribution in [2.24, 2.45) is 0 Å². The van der Waals surface area contributed by atoms with E-state index in [9.17, 15) is 26.8 Å². The number of ether oxygens (including phenoxy) is 5. The van der Waals surface area contributed by atoms with Crippen molar-refractivity contribution in [2.45, 2.75) is 74.8 Å². The van der Waals surface area contributed by atoms with Crippen LogP contribution in [-0.2, 0) is 50.7 Å². The van der Waals surface area contributed by atoms with Crippen LogP contribution in [0.25, 0.3) is 6.08 Å². The van der Waals surface area contributed by atoms with Gasteiger partial charge in [-0.3, -0.25) is 9.35 Å². The van der Waals surface area contributed by atoms with Gasteiger partial charge in [-0.05, 0) is 50.1 Å². The SMILES string of the molecule is CC(OC(=O)CCCCCS(=O)(=O)O)OC(=O)OC(Cn1cncn1)(c1ccc(F)cc1F)C(C)SC1COC(C=CC=Cc2ccc(C#N)cc2F)OC1. The maximum Gasteiger partial charge on any atom is 0.512 e. The number of carbonyl (C=O) groups excluding carboxylic acids is 2. The first-order valence-electron chi connectivity index (χ1n) is 16.9. The summed E-state index contributed by atoms with van der Waals surface area (Å²) in [5.41, 5.74) is -1.64. The minimum absolute atomic E-state index is 0.129. The summed E-state index contributed by atoms with van der Waals surface area (Å²) in [5, 5.41) is 11.8. The first-order chi connectivity index (χ1) is 26.2. The second kappa shape index (κ2) is 20.3. The van der Waals surface area contributed by atoms with E-state index in [0.29, 0.717) is 12.5 Å². The lowest BCUT2D eigenvalue weighted by molar-refractivity contribution is -0.171. The van der Waals surface area contributed by atoms with Crippen molar-refractivity contribution >= 4 is 40.1 Å². The third-order valence-electron chi connectivity index (χ3n) is 8.09. The number of thioether (sulfide) groups is 1. The zero-order chi connectivity index (χ0) is 40.0. The van der Waals surface area contributed by atoms with Crippen LogP contribution in [0.4, 0.5) is 18.0 Å². The van der Waals surface area contributed by atoms with Gasteiger partial charge in [-0.2, -0.15) is 18.8 Å². The highest BCUT2D eigenvalue weighted by molar-refractivity contribution is 8.00. The molecule has 19 heteroatoms. The second-order valence-corrected chi connectivity index (χ2v) is 15.5. The number of hydrogen-bond acceptors (Lipinski definition) is 13. The molecule has 1 fully saturated rings. The molecule has 1 N–H and O–H groups in total. The van der Waals surface area contributed by atoms with Gasteiger partial charge in [0, 0.05) is 35.8 Å². The minimum Gasteiger partial charge on any atom is -0.425 e. The Bertz CT molecular complexity index is 1970. The molecule has 2 aromatic carbocycles. The Morgan fingerprint density at radius 1 is 1.09 bits per heavy atom. The van der Waals surface area contributed by atoms with E-state index in [0.717, 1.165) is 18.2 Å². The molecule has 1 saturated heterocycles. The molecule has 0 bridgehead atoms. The van der Waals surface area contributed by atoms with Crippen LogP contribution < -0.4 is 0 Å². The number of allylic oxidation sites excluding steroid dienone is 2. The van der Waals surface area contributed by atoms with E-state index in [-0.39, 0.29) is 61.0 Å². The molecule has 3 unspecified atom stereocenters. The van der Waals surface area contributed by atoms with Gasteiger partial charge in [0.2, 0.25) is 6.29 Å². The number of esters is 1. The van der Waals surface area contributed by atoms with E-state index in [1.165, 1.54) is 54.2 Å². The molecule has 0 radical (unpaired) electrons. The summed E-state index contributed by atoms with van der Waals surface area (Å²) in [6.45, 7) is 2.91. The highest BCUT2D eigenvalue weighted by atomic mass is 32.2. The Hall–Kier alpha value is -4.74. The average Bonchev–Trinajstić information content (AvgIpc) is 3.63. The lowest BCUT2D eigenvalue weighted by Gasteiger charge is -2.40. The highest BCUT2D eigenvalue weighted by Crippen LogP contribution is 2.42. The summed E-state index contributed by atoms with van der Waals surface area (Å²) in [7, 11) is -4.12. The van der Waals surface area contributed by atoms with E-state index < -0.39 is 68.9 Å². The van der Waals surface area contributed by atoms with Crippen molar-refractivity contribution in [2.75, 3.05) is 19.0 Å². The van der Waals surface area contributed by atoms with Crippen LogP contribution >= 0.6 is 11.8 Å². The van der Waals surface area contributed by atoms with Gasteiger partial charge in [0.05, 0.1) is 42.4 Å². The van der Waals surface area contributed by atoms with Gasteiger partial charge < -0.3 is 23.7 Å². The lowest BCUT2D eigenvalue weighted by Crippen LogP contribution is -2.47. The first kappa shape index (κ1) is 43.0. The van der Waals surface area contributed by atoms with Gasteiger partial charge in [0.15, 0.2) is 11.9 Å². The molecular weight excluding hydrogens is 770 g/mol. The van der Waals surface area contributed by atoms with Crippen molar-refractivity contribution in [1.82, 2.24) is 14.8 Å². The van der Waals surface area contributed by atoms with Crippen LogP contribution in [0.2, 0.25) is 0 Å². The van der Waals surface area contributed by atoms with Gasteiger partial charge in [0.1, 0.15) is 30.1 Å². The predicted octanol–water partition coefficient (Wildman–Crippen LogP) is 6.09. The maximum atomic E-state index is 15.7. The quantitative estimate of drug-likeness (QED) is 0.0511. The van der Waals surface area contributed by atoms with Gasteiger partial charge in [-0.15, -0.1) is 11.8 Å². The van der Waals surface area contributed by atoms with E-state index in [1.807, 2.05) is 6.07 Å². The number of nitrogens with zero attached hydrogens (tertiary/aromatic N) is 4. The summed E-state index contributed by atoms with van der Waals surface area (Å²) in [6, 6.07) is 8.80. The first-order valence-corrected chi connectivity index (χ1v) is 19.5. The number of aromatic nitrogens is 3. The Labute approximate surface area is 320 Å². The number of carbonyl (C=O) groups is 2. The summed E-state index contributed by atoms with van der Waals surface area (Å²) < 4.78 is 104. The van der Waals surface area contributed by atoms with E-state index >= 15 is 4.39 Å². The molecule has 0 amide bonds. The third-order valence-corrected chi connectivity index (χ3v) is 10.3. The standard InChI is InChI=1S/C36H39F3N4O10S2/c1-24(54-29-19-49-34(50-20-29)10-6-5-8-27-12-11-26(18-40)16-31(27)38)36(21-43-23-41-22-42-43,30-14-13-28(37)17-32(30)39)53-35(45)52-25(2)51-33(44)9-4-3-7-15-55(46,47)48/h5-6,8,10-14,16-17,22-25,29,34H,3-4,7,9,15,19-21H2,1-2H3,(H,46,47,48). The van der Waals surface area contributed by atoms with Crippen molar-refractivity contribution in [1.29, 1.82) is 5.26 Å². The molecular formula is C36H39F3N4O10S2. The molecule has 3 atom stereocenters. The molecule has 2 heterocycles. The van der Waals surface area contributed by atoms with Gasteiger partial charge in [-0.25, -0.2) is 27.6 Å². The normalized spacial score (nSPS) is 18.3. The maximum absolute atomic E-state index is 15.7. The third kappa shape index (κ3) is 13.5. The molecule has 296 valence electrons. The Morgan fingerprint density at radius 2 is 1.85 bits per heavy atom. The van der Waals surface area contributed by atoms with Gasteiger partial charge >= 0.3 is 12.1 Å². The number of nitriles is 1. The monoisotopic (exact) mass is 808 g/mol. The van der Waals surface area contributed by atoms with Crippen LogP contribution in [0, 0.1) is 28.8 Å². The average molecular weight is 809 g/mol.